The predicted octanol–water partition coefficient (Wildman–Crippen LogP) is 10.8. The molecular formula is C48H26BNO3. The van der Waals surface area contributed by atoms with Gasteiger partial charge in [-0.2, -0.15) is 0 Å². The Morgan fingerprint density at radius 2 is 1.08 bits per heavy atom. The Bertz CT molecular complexity index is 3300. The molecule has 3 aromatic heterocycles. The van der Waals surface area contributed by atoms with E-state index >= 15 is 0 Å². The standard InChI is InChI=1S/C48H26BNO3/c1-4-18-38-31(12-1)32-14-8-15-33-34-26-43-35(25-39(34)50(38)48(32)33)46-30(13-9-21-42(46)53-43)28-11-7-10-27(22-28)29-23-44-47-45(24-29)52-41-20-6-3-17-37(41)49(47)36-16-2-5-19-40(36)51-44/h1-26H. The summed E-state index contributed by atoms with van der Waals surface area (Å²) in [6.45, 7) is 0.0529. The number of furan rings is 1. The quantitative estimate of drug-likeness (QED) is 0.171. The molecule has 4 nitrogen and oxygen atoms in total. The summed E-state index contributed by atoms with van der Waals surface area (Å²) in [7, 11) is 0. The minimum absolute atomic E-state index is 0.0529. The zero-order valence-electron chi connectivity index (χ0n) is 28.3. The minimum atomic E-state index is 0.0529. The van der Waals surface area contributed by atoms with Crippen molar-refractivity contribution in [1.29, 1.82) is 0 Å². The zero-order chi connectivity index (χ0) is 34.4. The third-order valence-electron chi connectivity index (χ3n) is 11.6. The highest BCUT2D eigenvalue weighted by atomic mass is 16.5. The van der Waals surface area contributed by atoms with Gasteiger partial charge in [-0.1, -0.05) is 103 Å². The topological polar surface area (TPSA) is 36.0 Å². The van der Waals surface area contributed by atoms with Crippen molar-refractivity contribution in [1.82, 2.24) is 4.40 Å². The van der Waals surface area contributed by atoms with E-state index < -0.39 is 0 Å². The van der Waals surface area contributed by atoms with Gasteiger partial charge in [0.2, 0.25) is 0 Å². The van der Waals surface area contributed by atoms with Crippen molar-refractivity contribution in [2.24, 2.45) is 0 Å². The largest absolute Gasteiger partial charge is 0.458 e. The third-order valence-corrected chi connectivity index (χ3v) is 11.6. The lowest BCUT2D eigenvalue weighted by molar-refractivity contribution is 0.465. The van der Waals surface area contributed by atoms with E-state index in [1.807, 2.05) is 12.1 Å². The number of hydrogen-bond acceptors (Lipinski definition) is 3. The van der Waals surface area contributed by atoms with E-state index in [2.05, 4.69) is 150 Å². The molecule has 0 saturated heterocycles. The van der Waals surface area contributed by atoms with Gasteiger partial charge < -0.3 is 18.3 Å². The van der Waals surface area contributed by atoms with E-state index in [-0.39, 0.29) is 6.71 Å². The van der Waals surface area contributed by atoms with E-state index in [9.17, 15) is 0 Å². The summed E-state index contributed by atoms with van der Waals surface area (Å²) >= 11 is 0. The Morgan fingerprint density at radius 1 is 0.415 bits per heavy atom. The van der Waals surface area contributed by atoms with Crippen LogP contribution < -0.4 is 25.9 Å². The Labute approximate surface area is 303 Å². The first-order valence-electron chi connectivity index (χ1n) is 18.1. The van der Waals surface area contributed by atoms with Crippen molar-refractivity contribution in [3.8, 4) is 45.3 Å². The van der Waals surface area contributed by atoms with Crippen molar-refractivity contribution in [2.45, 2.75) is 0 Å². The Hall–Kier alpha value is -6.98. The molecule has 0 spiro atoms. The van der Waals surface area contributed by atoms with Crippen molar-refractivity contribution < 1.29 is 13.9 Å². The number of rotatable bonds is 2. The molecule has 8 aromatic carbocycles. The molecule has 0 amide bonds. The fourth-order valence-corrected chi connectivity index (χ4v) is 9.41. The Balaban J connectivity index is 1.00. The summed E-state index contributed by atoms with van der Waals surface area (Å²) in [4.78, 5) is 0. The molecule has 11 aromatic rings. The average molecular weight is 676 g/mol. The molecule has 2 aliphatic rings. The van der Waals surface area contributed by atoms with E-state index in [0.717, 1.165) is 83.6 Å². The van der Waals surface area contributed by atoms with Gasteiger partial charge in [-0.15, -0.1) is 0 Å². The van der Waals surface area contributed by atoms with E-state index in [0.29, 0.717) is 0 Å². The lowest BCUT2D eigenvalue weighted by Gasteiger charge is -2.33. The van der Waals surface area contributed by atoms with Crippen LogP contribution in [0.5, 0.6) is 23.0 Å². The number of fused-ring (bicyclic) bond motifs is 13. The maximum atomic E-state index is 6.64. The Kier molecular flexibility index (Phi) is 5.16. The Morgan fingerprint density at radius 3 is 1.89 bits per heavy atom. The highest BCUT2D eigenvalue weighted by Gasteiger charge is 2.40. The van der Waals surface area contributed by atoms with E-state index in [1.165, 1.54) is 38.1 Å². The van der Waals surface area contributed by atoms with Gasteiger partial charge in [-0.3, -0.25) is 0 Å². The molecular weight excluding hydrogens is 649 g/mol. The molecule has 244 valence electrons. The smallest absolute Gasteiger partial charge is 0.260 e. The zero-order valence-corrected chi connectivity index (χ0v) is 28.3. The molecule has 0 aliphatic carbocycles. The van der Waals surface area contributed by atoms with Crippen LogP contribution >= 0.6 is 0 Å². The van der Waals surface area contributed by atoms with Gasteiger partial charge in [0.15, 0.2) is 0 Å². The molecule has 53 heavy (non-hydrogen) atoms. The highest BCUT2D eigenvalue weighted by molar-refractivity contribution is 6.98. The maximum Gasteiger partial charge on any atom is 0.260 e. The van der Waals surface area contributed by atoms with Crippen molar-refractivity contribution in [3.05, 3.63) is 158 Å². The number of ether oxygens (including phenoxy) is 2. The van der Waals surface area contributed by atoms with Crippen LogP contribution in [0.4, 0.5) is 0 Å². The molecule has 5 heterocycles. The molecule has 0 atom stereocenters. The molecule has 0 N–H and O–H groups in total. The van der Waals surface area contributed by atoms with Gasteiger partial charge in [-0.25, -0.2) is 0 Å². The fourth-order valence-electron chi connectivity index (χ4n) is 9.41. The molecule has 0 fully saturated rings. The van der Waals surface area contributed by atoms with Crippen molar-refractivity contribution in [3.63, 3.8) is 0 Å². The first-order chi connectivity index (χ1) is 26.3. The van der Waals surface area contributed by atoms with Crippen LogP contribution in [0.1, 0.15) is 0 Å². The number of benzene rings is 8. The molecule has 13 rings (SSSR count). The second kappa shape index (κ2) is 9.87. The summed E-state index contributed by atoms with van der Waals surface area (Å²) in [5.74, 6) is 3.46. The summed E-state index contributed by atoms with van der Waals surface area (Å²) in [5, 5.41) is 7.25. The lowest BCUT2D eigenvalue weighted by atomic mass is 9.35. The second-order valence-corrected chi connectivity index (χ2v) is 14.4. The predicted molar refractivity (Wildman–Crippen MR) is 217 cm³/mol. The summed E-state index contributed by atoms with van der Waals surface area (Å²) < 4.78 is 22.3. The van der Waals surface area contributed by atoms with Crippen LogP contribution in [0.15, 0.2) is 162 Å². The van der Waals surface area contributed by atoms with Crippen LogP contribution in [0, 0.1) is 0 Å². The summed E-state index contributed by atoms with van der Waals surface area (Å²) in [5.41, 5.74) is 13.3. The van der Waals surface area contributed by atoms with Crippen molar-refractivity contribution >= 4 is 83.1 Å². The monoisotopic (exact) mass is 675 g/mol. The van der Waals surface area contributed by atoms with E-state index in [4.69, 9.17) is 13.9 Å². The number of hydrogen-bond donors (Lipinski definition) is 0. The molecule has 0 bridgehead atoms. The average Bonchev–Trinajstić information content (AvgIpc) is 3.86. The molecule has 0 unspecified atom stereocenters. The summed E-state index contributed by atoms with van der Waals surface area (Å²) in [6, 6.07) is 56.2. The second-order valence-electron chi connectivity index (χ2n) is 14.4. The highest BCUT2D eigenvalue weighted by Crippen LogP contribution is 2.45. The third kappa shape index (κ3) is 3.61. The van der Waals surface area contributed by atoms with Crippen LogP contribution in [0.3, 0.4) is 0 Å². The van der Waals surface area contributed by atoms with Crippen LogP contribution in [0.2, 0.25) is 0 Å². The van der Waals surface area contributed by atoms with Gasteiger partial charge in [0.05, 0.1) is 16.6 Å². The van der Waals surface area contributed by atoms with Gasteiger partial charge >= 0.3 is 0 Å². The lowest BCUT2D eigenvalue weighted by Crippen LogP contribution is -2.57. The summed E-state index contributed by atoms with van der Waals surface area (Å²) in [6.07, 6.45) is 0. The first-order valence-corrected chi connectivity index (χ1v) is 18.1. The number of nitrogens with zero attached hydrogens (tertiary/aromatic N) is 1. The van der Waals surface area contributed by atoms with Gasteiger partial charge in [0, 0.05) is 37.8 Å². The maximum absolute atomic E-state index is 6.64. The number of aromatic nitrogens is 1. The van der Waals surface area contributed by atoms with Gasteiger partial charge in [-0.05, 0) is 87.8 Å². The fraction of sp³-hybridized carbons (Fsp3) is 0. The van der Waals surface area contributed by atoms with Crippen LogP contribution in [0.25, 0.3) is 82.3 Å². The molecule has 0 saturated carbocycles. The SMILES string of the molecule is c1cc(-c2cc3c4c(c2)Oc2ccccc2B4c2ccccc2O3)cc(-c2cccc3oc4cc5c6cccc7c8ccccc8n(c5cc4c23)c76)c1. The molecule has 0 radical (unpaired) electrons. The van der Waals surface area contributed by atoms with Crippen LogP contribution in [-0.2, 0) is 0 Å². The number of para-hydroxylation sites is 4. The molecule has 5 heteroatoms. The normalized spacial score (nSPS) is 13.2. The van der Waals surface area contributed by atoms with Crippen LogP contribution in [-0.4, -0.2) is 11.1 Å². The van der Waals surface area contributed by atoms with Gasteiger partial charge in [0.1, 0.15) is 34.2 Å². The minimum Gasteiger partial charge on any atom is -0.458 e. The molecule has 2 aliphatic heterocycles. The van der Waals surface area contributed by atoms with Crippen molar-refractivity contribution in [2.75, 3.05) is 0 Å². The van der Waals surface area contributed by atoms with Gasteiger partial charge in [0.25, 0.3) is 6.71 Å². The first kappa shape index (κ1) is 27.7. The van der Waals surface area contributed by atoms with E-state index in [1.54, 1.807) is 0 Å².